The molecule has 3 amide bonds. The number of carbonyl (C=O) groups excluding carboxylic acids is 2. The number of aryl methyl sites for hydroxylation is 2. The second-order valence-electron chi connectivity index (χ2n) is 8.58. The molecule has 35 heavy (non-hydrogen) atoms. The highest BCUT2D eigenvalue weighted by Gasteiger charge is 2.22. The maximum Gasteiger partial charge on any atom is 0.322 e. The fourth-order valence-corrected chi connectivity index (χ4v) is 3.78. The first-order valence-electron chi connectivity index (χ1n) is 11.9. The van der Waals surface area contributed by atoms with Gasteiger partial charge in [0.15, 0.2) is 0 Å². The number of anilines is 1. The van der Waals surface area contributed by atoms with Crippen molar-refractivity contribution in [1.29, 1.82) is 0 Å². The van der Waals surface area contributed by atoms with Gasteiger partial charge in [0.1, 0.15) is 18.1 Å². The third-order valence-corrected chi connectivity index (χ3v) is 5.79. The standard InChI is InChI=1S/C28H35N3O4/c1-22-10-7-8-13-26(22)29-28(33)31(17-9-19-34-3)21-27(32)30(20-25-15-14-23(2)35-25)18-16-24-11-5-4-6-12-24/h4-8,10-15H,9,16-21H2,1-3H3,(H,29,33). The van der Waals surface area contributed by atoms with E-state index in [2.05, 4.69) is 5.32 Å². The molecule has 7 nitrogen and oxygen atoms in total. The number of furan rings is 1. The molecule has 0 radical (unpaired) electrons. The molecule has 1 heterocycles. The zero-order valence-corrected chi connectivity index (χ0v) is 20.8. The van der Waals surface area contributed by atoms with Crippen LogP contribution in [0.3, 0.4) is 0 Å². The number of ether oxygens (including phenoxy) is 1. The molecule has 7 heteroatoms. The van der Waals surface area contributed by atoms with Crippen LogP contribution in [0.2, 0.25) is 0 Å². The lowest BCUT2D eigenvalue weighted by Crippen LogP contribution is -2.45. The molecule has 0 saturated carbocycles. The summed E-state index contributed by atoms with van der Waals surface area (Å²) in [5.74, 6) is 1.39. The summed E-state index contributed by atoms with van der Waals surface area (Å²) >= 11 is 0. The summed E-state index contributed by atoms with van der Waals surface area (Å²) in [4.78, 5) is 29.9. The van der Waals surface area contributed by atoms with Gasteiger partial charge in [-0.05, 0) is 56.0 Å². The Morgan fingerprint density at radius 3 is 2.34 bits per heavy atom. The van der Waals surface area contributed by atoms with Crippen LogP contribution < -0.4 is 5.32 Å². The van der Waals surface area contributed by atoms with E-state index in [1.807, 2.05) is 80.6 Å². The van der Waals surface area contributed by atoms with Crippen LogP contribution in [-0.2, 0) is 22.5 Å². The topological polar surface area (TPSA) is 75.0 Å². The number of hydrogen-bond acceptors (Lipinski definition) is 4. The Balaban J connectivity index is 1.73. The number of amides is 3. The normalized spacial score (nSPS) is 10.7. The molecule has 0 atom stereocenters. The lowest BCUT2D eigenvalue weighted by Gasteiger charge is -2.28. The zero-order chi connectivity index (χ0) is 25.0. The third-order valence-electron chi connectivity index (χ3n) is 5.79. The first-order valence-corrected chi connectivity index (χ1v) is 11.9. The van der Waals surface area contributed by atoms with Gasteiger partial charge >= 0.3 is 6.03 Å². The largest absolute Gasteiger partial charge is 0.464 e. The average molecular weight is 478 g/mol. The minimum Gasteiger partial charge on any atom is -0.464 e. The predicted molar refractivity (Wildman–Crippen MR) is 137 cm³/mol. The Morgan fingerprint density at radius 2 is 1.66 bits per heavy atom. The zero-order valence-electron chi connectivity index (χ0n) is 20.8. The number of methoxy groups -OCH3 is 1. The first-order chi connectivity index (χ1) is 17.0. The second kappa shape index (κ2) is 13.3. The number of nitrogens with one attached hydrogen (secondary N) is 1. The minimum atomic E-state index is -0.305. The molecule has 2 aromatic carbocycles. The molecule has 186 valence electrons. The summed E-state index contributed by atoms with van der Waals surface area (Å²) in [5.41, 5.74) is 2.84. The van der Waals surface area contributed by atoms with E-state index < -0.39 is 0 Å². The van der Waals surface area contributed by atoms with Crippen molar-refractivity contribution < 1.29 is 18.7 Å². The van der Waals surface area contributed by atoms with E-state index in [9.17, 15) is 9.59 Å². The third kappa shape index (κ3) is 8.30. The van der Waals surface area contributed by atoms with E-state index in [-0.39, 0.29) is 18.5 Å². The molecular weight excluding hydrogens is 442 g/mol. The highest BCUT2D eigenvalue weighted by molar-refractivity contribution is 5.93. The van der Waals surface area contributed by atoms with Crippen LogP contribution in [0.5, 0.6) is 0 Å². The van der Waals surface area contributed by atoms with Gasteiger partial charge in [-0.2, -0.15) is 0 Å². The van der Waals surface area contributed by atoms with Crippen LogP contribution in [0, 0.1) is 13.8 Å². The maximum atomic E-state index is 13.5. The van der Waals surface area contributed by atoms with E-state index >= 15 is 0 Å². The van der Waals surface area contributed by atoms with E-state index in [1.165, 1.54) is 0 Å². The van der Waals surface area contributed by atoms with E-state index in [0.717, 1.165) is 28.3 Å². The fourth-order valence-electron chi connectivity index (χ4n) is 3.78. The molecule has 3 rings (SSSR count). The number of carbonyl (C=O) groups is 2. The summed E-state index contributed by atoms with van der Waals surface area (Å²) in [6.45, 7) is 5.57. The van der Waals surface area contributed by atoms with Crippen LogP contribution in [0.4, 0.5) is 10.5 Å². The fraction of sp³-hybridized carbons (Fsp3) is 0.357. The molecule has 0 aliphatic rings. The van der Waals surface area contributed by atoms with Gasteiger partial charge in [-0.25, -0.2) is 4.79 Å². The molecule has 1 aromatic heterocycles. The molecule has 1 N–H and O–H groups in total. The highest BCUT2D eigenvalue weighted by Crippen LogP contribution is 2.15. The van der Waals surface area contributed by atoms with Gasteiger partial charge in [0, 0.05) is 32.5 Å². The summed E-state index contributed by atoms with van der Waals surface area (Å²) in [6, 6.07) is 21.1. The molecule has 0 aliphatic carbocycles. The second-order valence-corrected chi connectivity index (χ2v) is 8.58. The summed E-state index contributed by atoms with van der Waals surface area (Å²) in [7, 11) is 1.62. The lowest BCUT2D eigenvalue weighted by molar-refractivity contribution is -0.132. The van der Waals surface area contributed by atoms with Crippen LogP contribution in [0.1, 0.15) is 29.1 Å². The van der Waals surface area contributed by atoms with Gasteiger partial charge in [0.2, 0.25) is 5.91 Å². The average Bonchev–Trinajstić information content (AvgIpc) is 3.27. The number of urea groups is 1. The van der Waals surface area contributed by atoms with Crippen molar-refractivity contribution in [2.24, 2.45) is 0 Å². The quantitative estimate of drug-likeness (QED) is 0.371. The van der Waals surface area contributed by atoms with Crippen molar-refractivity contribution in [1.82, 2.24) is 9.80 Å². The molecule has 0 unspecified atom stereocenters. The van der Waals surface area contributed by atoms with Crippen molar-refractivity contribution in [3.8, 4) is 0 Å². The Labute approximate surface area is 207 Å². The van der Waals surface area contributed by atoms with Gasteiger partial charge in [-0.3, -0.25) is 4.79 Å². The summed E-state index contributed by atoms with van der Waals surface area (Å²) < 4.78 is 10.9. The maximum absolute atomic E-state index is 13.5. The molecule has 0 fully saturated rings. The summed E-state index contributed by atoms with van der Waals surface area (Å²) in [6.07, 6.45) is 1.34. The van der Waals surface area contributed by atoms with Gasteiger partial charge in [-0.1, -0.05) is 48.5 Å². The molecule has 3 aromatic rings. The number of nitrogens with zero attached hydrogens (tertiary/aromatic N) is 2. The van der Waals surface area contributed by atoms with E-state index in [0.29, 0.717) is 39.1 Å². The van der Waals surface area contributed by atoms with Crippen LogP contribution in [0.15, 0.2) is 71.1 Å². The molecule has 0 bridgehead atoms. The van der Waals surface area contributed by atoms with Crippen molar-refractivity contribution in [3.63, 3.8) is 0 Å². The highest BCUT2D eigenvalue weighted by atomic mass is 16.5. The lowest BCUT2D eigenvalue weighted by atomic mass is 10.1. The van der Waals surface area contributed by atoms with E-state index in [4.69, 9.17) is 9.15 Å². The first kappa shape index (κ1) is 26.0. The summed E-state index contributed by atoms with van der Waals surface area (Å²) in [5, 5.41) is 2.95. The molecule has 0 spiro atoms. The number of rotatable bonds is 12. The van der Waals surface area contributed by atoms with Gasteiger partial charge in [0.25, 0.3) is 0 Å². The number of hydrogen-bond donors (Lipinski definition) is 1. The Hall–Kier alpha value is -3.58. The van der Waals surface area contributed by atoms with Crippen LogP contribution >= 0.6 is 0 Å². The molecular formula is C28H35N3O4. The monoisotopic (exact) mass is 477 g/mol. The van der Waals surface area contributed by atoms with Crippen molar-refractivity contribution in [2.75, 3.05) is 38.7 Å². The van der Waals surface area contributed by atoms with Crippen molar-refractivity contribution >= 4 is 17.6 Å². The van der Waals surface area contributed by atoms with E-state index in [1.54, 1.807) is 16.9 Å². The molecule has 0 saturated heterocycles. The molecule has 0 aliphatic heterocycles. The van der Waals surface area contributed by atoms with Gasteiger partial charge < -0.3 is 24.3 Å². The Bertz CT molecular complexity index is 1080. The predicted octanol–water partition coefficient (Wildman–Crippen LogP) is 5.04. The number of para-hydroxylation sites is 1. The van der Waals surface area contributed by atoms with Crippen molar-refractivity contribution in [2.45, 2.75) is 33.2 Å². The van der Waals surface area contributed by atoms with Crippen LogP contribution in [0.25, 0.3) is 0 Å². The SMILES string of the molecule is COCCCN(CC(=O)N(CCc1ccccc1)Cc1ccc(C)o1)C(=O)Nc1ccccc1C. The smallest absolute Gasteiger partial charge is 0.322 e. The Morgan fingerprint density at radius 1 is 0.914 bits per heavy atom. The number of benzene rings is 2. The van der Waals surface area contributed by atoms with Crippen molar-refractivity contribution in [3.05, 3.63) is 89.4 Å². The van der Waals surface area contributed by atoms with Gasteiger partial charge in [0.05, 0.1) is 6.54 Å². The minimum absolute atomic E-state index is 0.0318. The Kier molecular flexibility index (Phi) is 9.93. The van der Waals surface area contributed by atoms with Crippen LogP contribution in [-0.4, -0.2) is 55.1 Å². The van der Waals surface area contributed by atoms with Gasteiger partial charge in [-0.15, -0.1) is 0 Å².